The van der Waals surface area contributed by atoms with Crippen LogP contribution in [0.1, 0.15) is 17.3 Å². The van der Waals surface area contributed by atoms with Crippen LogP contribution in [0.2, 0.25) is 0 Å². The van der Waals surface area contributed by atoms with Gasteiger partial charge in [-0.05, 0) is 30.5 Å². The first-order valence-electron chi connectivity index (χ1n) is 6.18. The fourth-order valence-corrected chi connectivity index (χ4v) is 3.29. The van der Waals surface area contributed by atoms with Gasteiger partial charge in [0, 0.05) is 11.0 Å². The topological polar surface area (TPSA) is 72.2 Å². The normalized spacial score (nSPS) is 12.0. The van der Waals surface area contributed by atoms with Crippen molar-refractivity contribution in [3.63, 3.8) is 0 Å². The van der Waals surface area contributed by atoms with Gasteiger partial charge in [0.05, 0.1) is 10.8 Å². The summed E-state index contributed by atoms with van der Waals surface area (Å²) in [5, 5.41) is 3.93. The van der Waals surface area contributed by atoms with Crippen molar-refractivity contribution in [2.24, 2.45) is 5.73 Å². The van der Waals surface area contributed by atoms with Gasteiger partial charge in [-0.1, -0.05) is 0 Å². The van der Waals surface area contributed by atoms with Crippen molar-refractivity contribution >= 4 is 39.9 Å². The molecule has 3 N–H and O–H groups in total. The van der Waals surface area contributed by atoms with Gasteiger partial charge in [0.25, 0.3) is 5.91 Å². The summed E-state index contributed by atoms with van der Waals surface area (Å²) in [6.07, 6.45) is 0. The fourth-order valence-electron chi connectivity index (χ4n) is 1.63. The first-order valence-corrected chi connectivity index (χ1v) is 7.94. The molecule has 1 heterocycles. The highest BCUT2D eigenvalue weighted by Crippen LogP contribution is 2.29. The smallest absolute Gasteiger partial charge is 0.251 e. The summed E-state index contributed by atoms with van der Waals surface area (Å²) in [6.45, 7) is 1.58. The van der Waals surface area contributed by atoms with Crippen molar-refractivity contribution in [3.8, 4) is 0 Å². The summed E-state index contributed by atoms with van der Waals surface area (Å²) in [4.78, 5) is 23.5. The van der Waals surface area contributed by atoms with Crippen LogP contribution >= 0.6 is 23.1 Å². The number of thiophene rings is 1. The molecule has 2 aromatic rings. The van der Waals surface area contributed by atoms with Gasteiger partial charge in [-0.2, -0.15) is 0 Å². The Kier molecular flexibility index (Phi) is 5.15. The van der Waals surface area contributed by atoms with E-state index in [1.807, 2.05) is 0 Å². The number of carbonyl (C=O) groups is 2. The Bertz CT molecular complexity index is 719. The number of carbonyl (C=O) groups excluding carboxylic acids is 2. The van der Waals surface area contributed by atoms with E-state index in [0.717, 1.165) is 23.9 Å². The van der Waals surface area contributed by atoms with Crippen LogP contribution in [0, 0.1) is 11.6 Å². The number of rotatable bonds is 5. The van der Waals surface area contributed by atoms with Crippen molar-refractivity contribution < 1.29 is 18.4 Å². The predicted octanol–water partition coefficient (Wildman–Crippen LogP) is 3.24. The molecule has 0 spiro atoms. The molecule has 0 fully saturated rings. The van der Waals surface area contributed by atoms with E-state index < -0.39 is 28.7 Å². The Morgan fingerprint density at radius 2 is 2.05 bits per heavy atom. The minimum absolute atomic E-state index is 0.172. The average molecular weight is 342 g/mol. The lowest BCUT2D eigenvalue weighted by Gasteiger charge is -2.12. The Balaban J connectivity index is 2.06. The molecule has 0 aliphatic carbocycles. The Morgan fingerprint density at radius 1 is 1.32 bits per heavy atom. The monoisotopic (exact) mass is 342 g/mol. The van der Waals surface area contributed by atoms with E-state index in [1.165, 1.54) is 23.5 Å². The van der Waals surface area contributed by atoms with Crippen molar-refractivity contribution in [3.05, 3.63) is 46.8 Å². The molecule has 0 saturated carbocycles. The number of anilines is 1. The molecule has 1 aromatic heterocycles. The van der Waals surface area contributed by atoms with Gasteiger partial charge in [0.2, 0.25) is 5.91 Å². The zero-order chi connectivity index (χ0) is 16.3. The molecular weight excluding hydrogens is 330 g/mol. The standard InChI is InChI=1S/C14H12F2N2O2S2/c1-7(22-11-3-2-8(15)6-10(11)16)13(20)18-14-9(12(17)19)4-5-21-14/h2-7H,1H3,(H2,17,19)(H,18,20)/t7-/m0/s1. The fraction of sp³-hybridized carbons (Fsp3) is 0.143. The maximum atomic E-state index is 13.6. The third kappa shape index (κ3) is 3.83. The number of benzene rings is 1. The van der Waals surface area contributed by atoms with Crippen LogP contribution in [-0.4, -0.2) is 17.1 Å². The summed E-state index contributed by atoms with van der Waals surface area (Å²) >= 11 is 2.13. The van der Waals surface area contributed by atoms with Gasteiger partial charge in [-0.3, -0.25) is 9.59 Å². The summed E-state index contributed by atoms with van der Waals surface area (Å²) in [5.41, 5.74) is 5.42. The van der Waals surface area contributed by atoms with Crippen LogP contribution in [0.25, 0.3) is 0 Å². The van der Waals surface area contributed by atoms with E-state index in [4.69, 9.17) is 5.73 Å². The molecule has 0 aliphatic rings. The number of hydrogen-bond donors (Lipinski definition) is 2. The van der Waals surface area contributed by atoms with Gasteiger partial charge in [-0.25, -0.2) is 8.78 Å². The predicted molar refractivity (Wildman–Crippen MR) is 83.1 cm³/mol. The zero-order valence-corrected chi connectivity index (χ0v) is 13.1. The molecular formula is C14H12F2N2O2S2. The summed E-state index contributed by atoms with van der Waals surface area (Å²) in [7, 11) is 0. The number of thioether (sulfide) groups is 1. The molecule has 2 amide bonds. The van der Waals surface area contributed by atoms with Gasteiger partial charge >= 0.3 is 0 Å². The van der Waals surface area contributed by atoms with E-state index in [9.17, 15) is 18.4 Å². The number of nitrogens with two attached hydrogens (primary N) is 1. The third-order valence-corrected chi connectivity index (χ3v) is 4.72. The van der Waals surface area contributed by atoms with Gasteiger partial charge in [0.15, 0.2) is 0 Å². The van der Waals surface area contributed by atoms with E-state index in [-0.39, 0.29) is 10.5 Å². The molecule has 0 aliphatic heterocycles. The number of primary amides is 1. The van der Waals surface area contributed by atoms with E-state index in [2.05, 4.69) is 5.32 Å². The van der Waals surface area contributed by atoms with Crippen LogP contribution in [-0.2, 0) is 4.79 Å². The van der Waals surface area contributed by atoms with Crippen molar-refractivity contribution in [2.45, 2.75) is 17.1 Å². The number of amides is 2. The highest BCUT2D eigenvalue weighted by molar-refractivity contribution is 8.00. The number of nitrogens with one attached hydrogen (secondary N) is 1. The minimum atomic E-state index is -0.724. The van der Waals surface area contributed by atoms with Gasteiger partial charge in [0.1, 0.15) is 16.6 Å². The average Bonchev–Trinajstić information content (AvgIpc) is 2.90. The van der Waals surface area contributed by atoms with Crippen LogP contribution in [0.4, 0.5) is 13.8 Å². The third-order valence-electron chi connectivity index (χ3n) is 2.73. The van der Waals surface area contributed by atoms with Crippen LogP contribution in [0.5, 0.6) is 0 Å². The molecule has 1 aromatic carbocycles. The number of hydrogen-bond acceptors (Lipinski definition) is 4. The largest absolute Gasteiger partial charge is 0.366 e. The molecule has 116 valence electrons. The highest BCUT2D eigenvalue weighted by atomic mass is 32.2. The lowest BCUT2D eigenvalue weighted by Crippen LogP contribution is -2.23. The second-order valence-corrected chi connectivity index (χ2v) is 6.65. The number of halogens is 2. The lowest BCUT2D eigenvalue weighted by molar-refractivity contribution is -0.115. The molecule has 1 atom stereocenters. The zero-order valence-electron chi connectivity index (χ0n) is 11.4. The molecule has 0 bridgehead atoms. The second-order valence-electron chi connectivity index (χ2n) is 4.35. The van der Waals surface area contributed by atoms with E-state index in [1.54, 1.807) is 12.3 Å². The van der Waals surface area contributed by atoms with Crippen molar-refractivity contribution in [2.75, 3.05) is 5.32 Å². The van der Waals surface area contributed by atoms with E-state index in [0.29, 0.717) is 5.00 Å². The SMILES string of the molecule is C[C@H](Sc1ccc(F)cc1F)C(=O)Nc1sccc1C(N)=O. The summed E-state index contributed by atoms with van der Waals surface area (Å²) in [6, 6.07) is 4.68. The van der Waals surface area contributed by atoms with Gasteiger partial charge in [-0.15, -0.1) is 23.1 Å². The molecule has 22 heavy (non-hydrogen) atoms. The molecule has 0 saturated heterocycles. The Labute approximate surface area is 133 Å². The Morgan fingerprint density at radius 3 is 2.68 bits per heavy atom. The molecule has 8 heteroatoms. The quantitative estimate of drug-likeness (QED) is 0.819. The van der Waals surface area contributed by atoms with E-state index >= 15 is 0 Å². The van der Waals surface area contributed by atoms with Gasteiger partial charge < -0.3 is 11.1 Å². The van der Waals surface area contributed by atoms with Crippen LogP contribution < -0.4 is 11.1 Å². The van der Waals surface area contributed by atoms with Crippen molar-refractivity contribution in [1.82, 2.24) is 0 Å². The first-order chi connectivity index (χ1) is 10.4. The van der Waals surface area contributed by atoms with Crippen LogP contribution in [0.3, 0.4) is 0 Å². The molecule has 0 unspecified atom stereocenters. The highest BCUT2D eigenvalue weighted by Gasteiger charge is 2.19. The minimum Gasteiger partial charge on any atom is -0.366 e. The second kappa shape index (κ2) is 6.89. The maximum absolute atomic E-state index is 13.6. The van der Waals surface area contributed by atoms with Crippen molar-refractivity contribution in [1.29, 1.82) is 0 Å². The van der Waals surface area contributed by atoms with Crippen LogP contribution in [0.15, 0.2) is 34.5 Å². The summed E-state index contributed by atoms with van der Waals surface area (Å²) < 4.78 is 26.4. The molecule has 4 nitrogen and oxygen atoms in total. The molecule has 2 rings (SSSR count). The lowest BCUT2D eigenvalue weighted by atomic mass is 10.3. The summed E-state index contributed by atoms with van der Waals surface area (Å²) in [5.74, 6) is -2.44. The maximum Gasteiger partial charge on any atom is 0.251 e. The molecule has 0 radical (unpaired) electrons. The first kappa shape index (κ1) is 16.4. The Hall–Kier alpha value is -1.93.